The second-order valence-electron chi connectivity index (χ2n) is 2.33. The molecule has 0 aliphatic carbocycles. The van der Waals surface area contributed by atoms with Crippen molar-refractivity contribution in [3.8, 4) is 0 Å². The maximum atomic E-state index is 10.3. The third-order valence-electron chi connectivity index (χ3n) is 1.56. The van der Waals surface area contributed by atoms with Gasteiger partial charge in [-0.2, -0.15) is 0 Å². The number of carboxylic acids is 1. The molecule has 2 rings (SSSR count). The zero-order chi connectivity index (χ0) is 7.84. The van der Waals surface area contributed by atoms with Gasteiger partial charge in [0.05, 0.1) is 0 Å². The average Bonchev–Trinajstić information content (AvgIpc) is 2.60. The van der Waals surface area contributed by atoms with Gasteiger partial charge >= 0.3 is 5.97 Å². The predicted octanol–water partition coefficient (Wildman–Crippen LogP) is 1.27. The van der Waals surface area contributed by atoms with Gasteiger partial charge in [0.1, 0.15) is 6.10 Å². The van der Waals surface area contributed by atoms with E-state index in [1.54, 1.807) is 0 Å². The van der Waals surface area contributed by atoms with Crippen LogP contribution >= 0.6 is 11.3 Å². The highest BCUT2D eigenvalue weighted by Gasteiger charge is 2.46. The molecule has 1 fully saturated rings. The Hall–Kier alpha value is -0.870. The van der Waals surface area contributed by atoms with Gasteiger partial charge in [0.2, 0.25) is 0 Å². The van der Waals surface area contributed by atoms with E-state index < -0.39 is 12.1 Å². The highest BCUT2D eigenvalue weighted by molar-refractivity contribution is 7.10. The predicted molar refractivity (Wildman–Crippen MR) is 39.6 cm³/mol. The number of thiophene rings is 1. The fraction of sp³-hybridized carbons (Fsp3) is 0.286. The molecule has 1 N–H and O–H groups in total. The van der Waals surface area contributed by atoms with Gasteiger partial charge in [-0.1, -0.05) is 6.07 Å². The SMILES string of the molecule is O=C(O)C1OC1c1cccs1. The maximum absolute atomic E-state index is 10.3. The molecule has 58 valence electrons. The van der Waals surface area contributed by atoms with Crippen LogP contribution in [0.1, 0.15) is 11.0 Å². The molecule has 0 aromatic carbocycles. The van der Waals surface area contributed by atoms with Crippen molar-refractivity contribution < 1.29 is 14.6 Å². The monoisotopic (exact) mass is 170 g/mol. The molecule has 1 aromatic heterocycles. The van der Waals surface area contributed by atoms with Crippen LogP contribution in [0.4, 0.5) is 0 Å². The number of hydrogen-bond acceptors (Lipinski definition) is 3. The van der Waals surface area contributed by atoms with Gasteiger partial charge < -0.3 is 9.84 Å². The van der Waals surface area contributed by atoms with Crippen LogP contribution < -0.4 is 0 Å². The summed E-state index contributed by atoms with van der Waals surface area (Å²) in [6, 6.07) is 3.78. The molecule has 3 nitrogen and oxygen atoms in total. The smallest absolute Gasteiger partial charge is 0.336 e. The number of epoxide rings is 1. The molecule has 0 radical (unpaired) electrons. The number of carbonyl (C=O) groups is 1. The van der Waals surface area contributed by atoms with Gasteiger partial charge in [-0.15, -0.1) is 11.3 Å². The largest absolute Gasteiger partial charge is 0.479 e. The molecule has 1 aliphatic rings. The molecular weight excluding hydrogens is 164 g/mol. The highest BCUT2D eigenvalue weighted by atomic mass is 32.1. The van der Waals surface area contributed by atoms with Crippen molar-refractivity contribution in [1.29, 1.82) is 0 Å². The van der Waals surface area contributed by atoms with Gasteiger partial charge in [-0.3, -0.25) is 0 Å². The molecular formula is C7H6O3S. The van der Waals surface area contributed by atoms with Gasteiger partial charge in [0.15, 0.2) is 6.10 Å². The van der Waals surface area contributed by atoms with Crippen LogP contribution in [0, 0.1) is 0 Å². The Kier molecular flexibility index (Phi) is 1.44. The molecule has 11 heavy (non-hydrogen) atoms. The zero-order valence-electron chi connectivity index (χ0n) is 5.56. The van der Waals surface area contributed by atoms with E-state index in [9.17, 15) is 4.79 Å². The lowest BCUT2D eigenvalue weighted by Crippen LogP contribution is -2.04. The Balaban J connectivity index is 2.08. The number of rotatable bonds is 2. The van der Waals surface area contributed by atoms with Crippen molar-refractivity contribution in [3.05, 3.63) is 22.4 Å². The van der Waals surface area contributed by atoms with Crippen LogP contribution in [0.5, 0.6) is 0 Å². The highest BCUT2D eigenvalue weighted by Crippen LogP contribution is 2.40. The van der Waals surface area contributed by atoms with Crippen LogP contribution in [0.3, 0.4) is 0 Å². The lowest BCUT2D eigenvalue weighted by atomic mass is 10.3. The summed E-state index contributed by atoms with van der Waals surface area (Å²) in [5.74, 6) is -0.872. The summed E-state index contributed by atoms with van der Waals surface area (Å²) in [4.78, 5) is 11.3. The summed E-state index contributed by atoms with van der Waals surface area (Å²) in [5.41, 5.74) is 0. The first-order chi connectivity index (χ1) is 5.29. The van der Waals surface area contributed by atoms with Crippen LogP contribution in [0.15, 0.2) is 17.5 Å². The summed E-state index contributed by atoms with van der Waals surface area (Å²) < 4.78 is 4.93. The molecule has 0 amide bonds. The third kappa shape index (κ3) is 1.15. The van der Waals surface area contributed by atoms with E-state index in [1.165, 1.54) is 11.3 Å². The van der Waals surface area contributed by atoms with Crippen molar-refractivity contribution in [1.82, 2.24) is 0 Å². The Labute approximate surface area is 67.2 Å². The van der Waals surface area contributed by atoms with Crippen LogP contribution in [-0.2, 0) is 9.53 Å². The van der Waals surface area contributed by atoms with Gasteiger partial charge in [0, 0.05) is 4.88 Å². The molecule has 1 saturated heterocycles. The lowest BCUT2D eigenvalue weighted by molar-refractivity contribution is -0.138. The van der Waals surface area contributed by atoms with Crippen molar-refractivity contribution in [3.63, 3.8) is 0 Å². The van der Waals surface area contributed by atoms with E-state index in [0.717, 1.165) is 4.88 Å². The average molecular weight is 170 g/mol. The molecule has 0 spiro atoms. The Morgan fingerprint density at radius 1 is 1.73 bits per heavy atom. The fourth-order valence-corrected chi connectivity index (χ4v) is 1.75. The molecule has 0 bridgehead atoms. The quantitative estimate of drug-likeness (QED) is 0.680. The second kappa shape index (κ2) is 2.32. The number of ether oxygens (including phenoxy) is 1. The van der Waals surface area contributed by atoms with Gasteiger partial charge in [-0.25, -0.2) is 4.79 Å². The molecule has 1 aliphatic heterocycles. The van der Waals surface area contributed by atoms with Crippen LogP contribution in [0.25, 0.3) is 0 Å². The fourth-order valence-electron chi connectivity index (χ4n) is 0.970. The summed E-state index contributed by atoms with van der Waals surface area (Å²) in [7, 11) is 0. The van der Waals surface area contributed by atoms with Crippen LogP contribution in [0.2, 0.25) is 0 Å². The topological polar surface area (TPSA) is 49.8 Å². The van der Waals surface area contributed by atoms with E-state index in [4.69, 9.17) is 9.84 Å². The number of aliphatic carboxylic acids is 1. The second-order valence-corrected chi connectivity index (χ2v) is 3.31. The van der Waals surface area contributed by atoms with Crippen LogP contribution in [-0.4, -0.2) is 17.2 Å². The normalized spacial score (nSPS) is 28.4. The Morgan fingerprint density at radius 3 is 3.00 bits per heavy atom. The van der Waals surface area contributed by atoms with E-state index in [-0.39, 0.29) is 6.10 Å². The first-order valence-corrected chi connectivity index (χ1v) is 4.08. The molecule has 0 saturated carbocycles. The molecule has 2 heterocycles. The van der Waals surface area contributed by atoms with E-state index >= 15 is 0 Å². The first kappa shape index (κ1) is 6.82. The Bertz CT molecular complexity index is 267. The van der Waals surface area contributed by atoms with Crippen molar-refractivity contribution in [2.24, 2.45) is 0 Å². The van der Waals surface area contributed by atoms with E-state index in [0.29, 0.717) is 0 Å². The summed E-state index contributed by atoms with van der Waals surface area (Å²) in [6.07, 6.45) is -0.791. The minimum absolute atomic E-state index is 0.188. The Morgan fingerprint density at radius 2 is 2.55 bits per heavy atom. The lowest BCUT2D eigenvalue weighted by Gasteiger charge is -1.83. The summed E-state index contributed by atoms with van der Waals surface area (Å²) >= 11 is 1.53. The van der Waals surface area contributed by atoms with E-state index in [1.807, 2.05) is 17.5 Å². The van der Waals surface area contributed by atoms with Crippen molar-refractivity contribution in [2.75, 3.05) is 0 Å². The summed E-state index contributed by atoms with van der Waals surface area (Å²) in [5, 5.41) is 10.4. The number of hydrogen-bond donors (Lipinski definition) is 1. The number of carboxylic acid groups (broad SMARTS) is 1. The molecule has 1 aromatic rings. The first-order valence-electron chi connectivity index (χ1n) is 3.20. The molecule has 4 heteroatoms. The minimum atomic E-state index is -0.872. The van der Waals surface area contributed by atoms with Crippen molar-refractivity contribution in [2.45, 2.75) is 12.2 Å². The van der Waals surface area contributed by atoms with E-state index in [2.05, 4.69) is 0 Å². The molecule has 2 unspecified atom stereocenters. The maximum Gasteiger partial charge on any atom is 0.336 e. The van der Waals surface area contributed by atoms with Gasteiger partial charge in [-0.05, 0) is 11.4 Å². The summed E-state index contributed by atoms with van der Waals surface area (Å²) in [6.45, 7) is 0. The molecule has 2 atom stereocenters. The van der Waals surface area contributed by atoms with Gasteiger partial charge in [0.25, 0.3) is 0 Å². The van der Waals surface area contributed by atoms with Crippen molar-refractivity contribution >= 4 is 17.3 Å². The standard InChI is InChI=1S/C7H6O3S/c8-7(9)6-5(10-6)4-2-1-3-11-4/h1-3,5-6H,(H,8,9). The third-order valence-corrected chi connectivity index (χ3v) is 2.49. The zero-order valence-corrected chi connectivity index (χ0v) is 6.38. The minimum Gasteiger partial charge on any atom is -0.479 e.